The number of amides is 1. The number of aliphatic hydroxyl groups is 1. The molecule has 0 saturated carbocycles. The van der Waals surface area contributed by atoms with E-state index in [1.807, 2.05) is 32.9 Å². The van der Waals surface area contributed by atoms with Crippen molar-refractivity contribution < 1.29 is 14.3 Å². The van der Waals surface area contributed by atoms with E-state index >= 15 is 0 Å². The van der Waals surface area contributed by atoms with Crippen molar-refractivity contribution in [1.29, 1.82) is 0 Å². The van der Waals surface area contributed by atoms with Crippen LogP contribution in [0.15, 0.2) is 36.4 Å². The minimum absolute atomic E-state index is 0.0459. The molecular weight excluding hydrogens is 293 g/mol. The highest BCUT2D eigenvalue weighted by Crippen LogP contribution is 2.21. The zero-order valence-electron chi connectivity index (χ0n) is 13.9. The fourth-order valence-electron chi connectivity index (χ4n) is 2.79. The lowest BCUT2D eigenvalue weighted by atomic mass is 9.95. The summed E-state index contributed by atoms with van der Waals surface area (Å²) in [5, 5.41) is 13.3. The Labute approximate surface area is 136 Å². The van der Waals surface area contributed by atoms with Gasteiger partial charge in [-0.15, -0.1) is 0 Å². The van der Waals surface area contributed by atoms with E-state index in [0.717, 1.165) is 16.7 Å². The van der Waals surface area contributed by atoms with Crippen LogP contribution >= 0.6 is 0 Å². The number of halogens is 1. The summed E-state index contributed by atoms with van der Waals surface area (Å²) in [6.07, 6.45) is 0. The highest BCUT2D eigenvalue weighted by atomic mass is 19.1. The fourth-order valence-corrected chi connectivity index (χ4v) is 2.79. The highest BCUT2D eigenvalue weighted by molar-refractivity contribution is 5.97. The molecule has 0 radical (unpaired) electrons. The molecule has 4 heteroatoms. The molecule has 0 aromatic heterocycles. The van der Waals surface area contributed by atoms with Crippen molar-refractivity contribution in [3.8, 4) is 0 Å². The number of nitrogens with one attached hydrogen (secondary N) is 1. The van der Waals surface area contributed by atoms with Gasteiger partial charge in [-0.05, 0) is 56.5 Å². The molecule has 1 atom stereocenters. The summed E-state index contributed by atoms with van der Waals surface area (Å²) < 4.78 is 13.0. The fraction of sp³-hybridized carbons (Fsp3) is 0.316. The number of hydrogen-bond acceptors (Lipinski definition) is 2. The summed E-state index contributed by atoms with van der Waals surface area (Å²) in [5.74, 6) is -0.582. The third kappa shape index (κ3) is 3.96. The van der Waals surface area contributed by atoms with Crippen LogP contribution in [0, 0.1) is 26.6 Å². The zero-order valence-corrected chi connectivity index (χ0v) is 13.9. The zero-order chi connectivity index (χ0) is 17.2. The molecule has 0 aliphatic rings. The lowest BCUT2D eigenvalue weighted by Gasteiger charge is -2.24. The van der Waals surface area contributed by atoms with Crippen molar-refractivity contribution in [2.75, 3.05) is 6.54 Å². The van der Waals surface area contributed by atoms with Gasteiger partial charge in [0.05, 0.1) is 6.54 Å². The highest BCUT2D eigenvalue weighted by Gasteiger charge is 2.24. The summed E-state index contributed by atoms with van der Waals surface area (Å²) >= 11 is 0. The van der Waals surface area contributed by atoms with Gasteiger partial charge in [0.15, 0.2) is 0 Å². The molecule has 2 N–H and O–H groups in total. The normalized spacial score (nSPS) is 13.5. The second kappa shape index (κ2) is 6.50. The molecule has 0 aliphatic carbocycles. The third-order valence-corrected chi connectivity index (χ3v) is 3.96. The summed E-state index contributed by atoms with van der Waals surface area (Å²) in [6.45, 7) is 7.42. The molecule has 3 nitrogen and oxygen atoms in total. The average Bonchev–Trinajstić information content (AvgIpc) is 2.44. The Morgan fingerprint density at radius 2 is 1.65 bits per heavy atom. The Hall–Kier alpha value is -2.20. The Balaban J connectivity index is 2.14. The average molecular weight is 315 g/mol. The van der Waals surface area contributed by atoms with Gasteiger partial charge < -0.3 is 10.4 Å². The topological polar surface area (TPSA) is 49.3 Å². The number of rotatable bonds is 4. The van der Waals surface area contributed by atoms with E-state index in [-0.39, 0.29) is 18.3 Å². The first-order chi connectivity index (χ1) is 10.7. The van der Waals surface area contributed by atoms with Crippen molar-refractivity contribution in [2.24, 2.45) is 0 Å². The quantitative estimate of drug-likeness (QED) is 0.908. The number of aryl methyl sites for hydroxylation is 3. The first kappa shape index (κ1) is 17.2. The molecule has 23 heavy (non-hydrogen) atoms. The molecule has 0 bridgehead atoms. The van der Waals surface area contributed by atoms with Crippen molar-refractivity contribution >= 4 is 5.91 Å². The van der Waals surface area contributed by atoms with Crippen LogP contribution in [0.25, 0.3) is 0 Å². The Morgan fingerprint density at radius 1 is 1.13 bits per heavy atom. The van der Waals surface area contributed by atoms with Crippen LogP contribution in [-0.4, -0.2) is 17.6 Å². The maximum Gasteiger partial charge on any atom is 0.251 e. The van der Waals surface area contributed by atoms with E-state index in [9.17, 15) is 14.3 Å². The number of carbonyl (C=O) groups is 1. The van der Waals surface area contributed by atoms with Gasteiger partial charge in [0, 0.05) is 5.56 Å². The predicted octanol–water partition coefficient (Wildman–Crippen LogP) is 3.39. The monoisotopic (exact) mass is 315 g/mol. The van der Waals surface area contributed by atoms with Gasteiger partial charge in [-0.1, -0.05) is 29.8 Å². The molecule has 1 amide bonds. The predicted molar refractivity (Wildman–Crippen MR) is 89.0 cm³/mol. The second-order valence-corrected chi connectivity index (χ2v) is 6.24. The van der Waals surface area contributed by atoms with Gasteiger partial charge in [0.2, 0.25) is 0 Å². The summed E-state index contributed by atoms with van der Waals surface area (Å²) in [6, 6.07) is 9.54. The van der Waals surface area contributed by atoms with Crippen molar-refractivity contribution in [1.82, 2.24) is 5.32 Å². The minimum atomic E-state index is -1.27. The molecular formula is C19H22FNO2. The maximum absolute atomic E-state index is 13.0. The lowest BCUT2D eigenvalue weighted by molar-refractivity contribution is 0.0525. The summed E-state index contributed by atoms with van der Waals surface area (Å²) in [4.78, 5) is 12.4. The van der Waals surface area contributed by atoms with Crippen LogP contribution in [0.5, 0.6) is 0 Å². The van der Waals surface area contributed by atoms with Crippen LogP contribution in [-0.2, 0) is 5.60 Å². The van der Waals surface area contributed by atoms with E-state index in [1.165, 1.54) is 24.3 Å². The molecule has 0 heterocycles. The molecule has 2 aromatic carbocycles. The Morgan fingerprint density at radius 3 is 2.17 bits per heavy atom. The van der Waals surface area contributed by atoms with Gasteiger partial charge in [0.25, 0.3) is 5.91 Å². The standard InChI is InChI=1S/C19H22FNO2/c1-12-9-13(2)17(14(3)10-12)18(22)21-11-19(4,23)15-5-7-16(20)8-6-15/h5-10,23H,11H2,1-4H3,(H,21,22). The molecule has 122 valence electrons. The first-order valence-corrected chi connectivity index (χ1v) is 7.55. The smallest absolute Gasteiger partial charge is 0.251 e. The molecule has 0 saturated heterocycles. The van der Waals surface area contributed by atoms with E-state index in [0.29, 0.717) is 11.1 Å². The summed E-state index contributed by atoms with van der Waals surface area (Å²) in [7, 11) is 0. The van der Waals surface area contributed by atoms with Crippen molar-refractivity contribution in [3.05, 3.63) is 70.0 Å². The number of benzene rings is 2. The first-order valence-electron chi connectivity index (χ1n) is 7.55. The molecule has 0 fully saturated rings. The molecule has 2 rings (SSSR count). The second-order valence-electron chi connectivity index (χ2n) is 6.24. The molecule has 2 aromatic rings. The third-order valence-electron chi connectivity index (χ3n) is 3.96. The van der Waals surface area contributed by atoms with Crippen molar-refractivity contribution in [2.45, 2.75) is 33.3 Å². The summed E-state index contributed by atoms with van der Waals surface area (Å²) in [5.41, 5.74) is 2.83. The molecule has 0 spiro atoms. The van der Waals surface area contributed by atoms with Crippen LogP contribution in [0.3, 0.4) is 0 Å². The van der Waals surface area contributed by atoms with Gasteiger partial charge in [0.1, 0.15) is 11.4 Å². The largest absolute Gasteiger partial charge is 0.384 e. The van der Waals surface area contributed by atoms with Gasteiger partial charge >= 0.3 is 0 Å². The van der Waals surface area contributed by atoms with E-state index in [4.69, 9.17) is 0 Å². The van der Waals surface area contributed by atoms with E-state index in [1.54, 1.807) is 6.92 Å². The molecule has 1 unspecified atom stereocenters. The van der Waals surface area contributed by atoms with E-state index < -0.39 is 5.60 Å². The van der Waals surface area contributed by atoms with Crippen LogP contribution in [0.4, 0.5) is 4.39 Å². The van der Waals surface area contributed by atoms with Crippen LogP contribution < -0.4 is 5.32 Å². The Bertz CT molecular complexity index is 698. The lowest BCUT2D eigenvalue weighted by Crippen LogP contribution is -2.39. The van der Waals surface area contributed by atoms with Crippen LogP contribution in [0.2, 0.25) is 0 Å². The van der Waals surface area contributed by atoms with Gasteiger partial charge in [-0.25, -0.2) is 4.39 Å². The van der Waals surface area contributed by atoms with Gasteiger partial charge in [-0.2, -0.15) is 0 Å². The van der Waals surface area contributed by atoms with Crippen LogP contribution in [0.1, 0.15) is 39.5 Å². The molecule has 0 aliphatic heterocycles. The Kier molecular flexibility index (Phi) is 4.85. The number of hydrogen-bond donors (Lipinski definition) is 2. The van der Waals surface area contributed by atoms with Crippen molar-refractivity contribution in [3.63, 3.8) is 0 Å². The van der Waals surface area contributed by atoms with Gasteiger partial charge in [-0.3, -0.25) is 4.79 Å². The van der Waals surface area contributed by atoms with E-state index in [2.05, 4.69) is 5.32 Å². The number of carbonyl (C=O) groups excluding carboxylic acids is 1. The SMILES string of the molecule is Cc1cc(C)c(C(=O)NCC(C)(O)c2ccc(F)cc2)c(C)c1. The maximum atomic E-state index is 13.0. The minimum Gasteiger partial charge on any atom is -0.384 e.